The van der Waals surface area contributed by atoms with Crippen LogP contribution in [0.1, 0.15) is 16.6 Å². The summed E-state index contributed by atoms with van der Waals surface area (Å²) in [6, 6.07) is 17.6. The summed E-state index contributed by atoms with van der Waals surface area (Å²) in [4.78, 5) is 24.1. The van der Waals surface area contributed by atoms with E-state index in [9.17, 15) is 9.59 Å². The monoisotopic (exact) mass is 386 g/mol. The van der Waals surface area contributed by atoms with Crippen molar-refractivity contribution in [3.63, 3.8) is 0 Å². The maximum atomic E-state index is 12.5. The number of para-hydroxylation sites is 1. The molecule has 0 unspecified atom stereocenters. The Labute approximate surface area is 159 Å². The minimum Gasteiger partial charge on any atom is -0.455 e. The SMILES string of the molecule is CC(=O)Nc1ccc(C(=O)Nc2cc(Cl)ccc2Oc2ccccc2)s1. The first-order valence-electron chi connectivity index (χ1n) is 7.72. The Balaban J connectivity index is 1.80. The molecule has 2 aromatic carbocycles. The normalized spacial score (nSPS) is 10.2. The Morgan fingerprint density at radius 2 is 1.77 bits per heavy atom. The van der Waals surface area contributed by atoms with Crippen molar-refractivity contribution in [2.45, 2.75) is 6.92 Å². The van der Waals surface area contributed by atoms with Gasteiger partial charge in [-0.25, -0.2) is 0 Å². The van der Waals surface area contributed by atoms with Crippen LogP contribution in [-0.2, 0) is 4.79 Å². The summed E-state index contributed by atoms with van der Waals surface area (Å²) < 4.78 is 5.83. The first-order chi connectivity index (χ1) is 12.5. The van der Waals surface area contributed by atoms with E-state index in [1.54, 1.807) is 30.3 Å². The van der Waals surface area contributed by atoms with Gasteiger partial charge in [-0.3, -0.25) is 9.59 Å². The molecule has 0 bridgehead atoms. The third kappa shape index (κ3) is 4.62. The van der Waals surface area contributed by atoms with Crippen molar-refractivity contribution in [1.82, 2.24) is 0 Å². The zero-order chi connectivity index (χ0) is 18.5. The van der Waals surface area contributed by atoms with Gasteiger partial charge in [0.05, 0.1) is 15.6 Å². The van der Waals surface area contributed by atoms with Gasteiger partial charge in [0.2, 0.25) is 5.91 Å². The average Bonchev–Trinajstić information content (AvgIpc) is 3.06. The van der Waals surface area contributed by atoms with Gasteiger partial charge >= 0.3 is 0 Å². The quantitative estimate of drug-likeness (QED) is 0.616. The van der Waals surface area contributed by atoms with E-state index in [0.717, 1.165) is 0 Å². The molecule has 7 heteroatoms. The molecule has 0 radical (unpaired) electrons. The maximum Gasteiger partial charge on any atom is 0.265 e. The van der Waals surface area contributed by atoms with Crippen molar-refractivity contribution >= 4 is 45.4 Å². The number of carbonyl (C=O) groups is 2. The molecule has 0 saturated carbocycles. The van der Waals surface area contributed by atoms with Crippen LogP contribution in [0.15, 0.2) is 60.7 Å². The summed E-state index contributed by atoms with van der Waals surface area (Å²) in [7, 11) is 0. The van der Waals surface area contributed by atoms with E-state index in [4.69, 9.17) is 16.3 Å². The fraction of sp³-hybridized carbons (Fsp3) is 0.0526. The molecule has 0 aliphatic carbocycles. The third-order valence-electron chi connectivity index (χ3n) is 3.29. The van der Waals surface area contributed by atoms with Crippen molar-refractivity contribution in [2.75, 3.05) is 10.6 Å². The Morgan fingerprint density at radius 1 is 1.00 bits per heavy atom. The topological polar surface area (TPSA) is 67.4 Å². The standard InChI is InChI=1S/C19H15ClN2O3S/c1-12(23)21-18-10-9-17(26-18)19(24)22-15-11-13(20)7-8-16(15)25-14-5-3-2-4-6-14/h2-11H,1H3,(H,21,23)(H,22,24). The van der Waals surface area contributed by atoms with Gasteiger partial charge in [0.15, 0.2) is 5.75 Å². The molecule has 0 atom stereocenters. The molecule has 0 saturated heterocycles. The van der Waals surface area contributed by atoms with E-state index in [0.29, 0.717) is 32.1 Å². The van der Waals surface area contributed by atoms with E-state index in [1.807, 2.05) is 30.3 Å². The van der Waals surface area contributed by atoms with Crippen LogP contribution < -0.4 is 15.4 Å². The number of thiophene rings is 1. The third-order valence-corrected chi connectivity index (χ3v) is 4.52. The molecule has 3 rings (SSSR count). The molecule has 3 aromatic rings. The average molecular weight is 387 g/mol. The first-order valence-corrected chi connectivity index (χ1v) is 8.92. The van der Waals surface area contributed by atoms with E-state index >= 15 is 0 Å². The van der Waals surface area contributed by atoms with E-state index < -0.39 is 0 Å². The van der Waals surface area contributed by atoms with Gasteiger partial charge < -0.3 is 15.4 Å². The second kappa shape index (κ2) is 8.03. The molecule has 132 valence electrons. The molecule has 1 aromatic heterocycles. The van der Waals surface area contributed by atoms with Crippen LogP contribution in [0, 0.1) is 0 Å². The maximum absolute atomic E-state index is 12.5. The molecule has 26 heavy (non-hydrogen) atoms. The van der Waals surface area contributed by atoms with Crippen molar-refractivity contribution in [3.8, 4) is 11.5 Å². The predicted octanol–water partition coefficient (Wildman–Crippen LogP) is 5.40. The molecule has 2 N–H and O–H groups in total. The molecule has 0 spiro atoms. The highest BCUT2D eigenvalue weighted by Gasteiger charge is 2.14. The molecule has 0 aliphatic heterocycles. The summed E-state index contributed by atoms with van der Waals surface area (Å²) in [6.45, 7) is 1.42. The molecule has 0 aliphatic rings. The van der Waals surface area contributed by atoms with Crippen LogP contribution in [0.3, 0.4) is 0 Å². The van der Waals surface area contributed by atoms with Crippen LogP contribution in [-0.4, -0.2) is 11.8 Å². The number of rotatable bonds is 5. The number of hydrogen-bond donors (Lipinski definition) is 2. The fourth-order valence-electron chi connectivity index (χ4n) is 2.19. The van der Waals surface area contributed by atoms with Crippen molar-refractivity contribution in [1.29, 1.82) is 0 Å². The highest BCUT2D eigenvalue weighted by atomic mass is 35.5. The van der Waals surface area contributed by atoms with Gasteiger partial charge in [-0.2, -0.15) is 0 Å². The largest absolute Gasteiger partial charge is 0.455 e. The fourth-order valence-corrected chi connectivity index (χ4v) is 3.21. The molecular weight excluding hydrogens is 372 g/mol. The second-order valence-corrected chi connectivity index (χ2v) is 6.88. The number of ether oxygens (including phenoxy) is 1. The van der Waals surface area contributed by atoms with E-state index in [-0.39, 0.29) is 11.8 Å². The number of benzene rings is 2. The minimum atomic E-state index is -0.313. The van der Waals surface area contributed by atoms with Gasteiger partial charge in [0, 0.05) is 11.9 Å². The molecule has 1 heterocycles. The molecule has 0 fully saturated rings. The molecular formula is C19H15ClN2O3S. The predicted molar refractivity (Wildman–Crippen MR) is 105 cm³/mol. The Hall–Kier alpha value is -2.83. The lowest BCUT2D eigenvalue weighted by Gasteiger charge is -2.12. The Kier molecular flexibility index (Phi) is 5.55. The summed E-state index contributed by atoms with van der Waals surface area (Å²) in [6.07, 6.45) is 0. The lowest BCUT2D eigenvalue weighted by Crippen LogP contribution is -2.11. The number of nitrogens with one attached hydrogen (secondary N) is 2. The Bertz CT molecular complexity index is 941. The smallest absolute Gasteiger partial charge is 0.265 e. The van der Waals surface area contributed by atoms with Crippen LogP contribution in [0.4, 0.5) is 10.7 Å². The minimum absolute atomic E-state index is 0.188. The van der Waals surface area contributed by atoms with E-state index in [2.05, 4.69) is 10.6 Å². The van der Waals surface area contributed by atoms with Crippen LogP contribution in [0.25, 0.3) is 0 Å². The summed E-state index contributed by atoms with van der Waals surface area (Å²) in [5.74, 6) is 0.626. The zero-order valence-electron chi connectivity index (χ0n) is 13.8. The number of carbonyl (C=O) groups excluding carboxylic acids is 2. The van der Waals surface area contributed by atoms with Gasteiger partial charge in [-0.15, -0.1) is 11.3 Å². The van der Waals surface area contributed by atoms with Gasteiger partial charge in [-0.1, -0.05) is 29.8 Å². The van der Waals surface area contributed by atoms with Gasteiger partial charge in [-0.05, 0) is 42.5 Å². The molecule has 2 amide bonds. The first kappa shape index (κ1) is 18.0. The highest BCUT2D eigenvalue weighted by Crippen LogP contribution is 2.33. The van der Waals surface area contributed by atoms with Crippen molar-refractivity contribution < 1.29 is 14.3 Å². The lowest BCUT2D eigenvalue weighted by atomic mass is 10.2. The van der Waals surface area contributed by atoms with E-state index in [1.165, 1.54) is 18.3 Å². The van der Waals surface area contributed by atoms with Gasteiger partial charge in [0.1, 0.15) is 5.75 Å². The number of halogens is 1. The second-order valence-electron chi connectivity index (χ2n) is 5.35. The number of amides is 2. The zero-order valence-corrected chi connectivity index (χ0v) is 15.4. The summed E-state index contributed by atoms with van der Waals surface area (Å²) >= 11 is 7.24. The molecule has 5 nitrogen and oxygen atoms in total. The van der Waals surface area contributed by atoms with Gasteiger partial charge in [0.25, 0.3) is 5.91 Å². The summed E-state index contributed by atoms with van der Waals surface area (Å²) in [5, 5.41) is 6.54. The summed E-state index contributed by atoms with van der Waals surface area (Å²) in [5.41, 5.74) is 0.459. The number of hydrogen-bond acceptors (Lipinski definition) is 4. The van der Waals surface area contributed by atoms with Crippen LogP contribution in [0.5, 0.6) is 11.5 Å². The Morgan fingerprint density at radius 3 is 2.50 bits per heavy atom. The lowest BCUT2D eigenvalue weighted by molar-refractivity contribution is -0.114. The van der Waals surface area contributed by atoms with Crippen LogP contribution in [0.2, 0.25) is 5.02 Å². The van der Waals surface area contributed by atoms with Crippen LogP contribution >= 0.6 is 22.9 Å². The van der Waals surface area contributed by atoms with Crippen molar-refractivity contribution in [2.24, 2.45) is 0 Å². The highest BCUT2D eigenvalue weighted by molar-refractivity contribution is 7.18. The number of anilines is 2. The van der Waals surface area contributed by atoms with Crippen molar-refractivity contribution in [3.05, 3.63) is 70.6 Å².